The lowest BCUT2D eigenvalue weighted by Gasteiger charge is -2.28. The number of aliphatic hydroxyl groups is 1. The van der Waals surface area contributed by atoms with Gasteiger partial charge in [0.25, 0.3) is 0 Å². The maximum Gasteiger partial charge on any atom is 0.127 e. The van der Waals surface area contributed by atoms with Crippen LogP contribution in [0, 0.1) is 11.6 Å². The number of hydrogen-bond acceptors (Lipinski definition) is 4. The van der Waals surface area contributed by atoms with Gasteiger partial charge in [-0.15, -0.1) is 11.6 Å². The van der Waals surface area contributed by atoms with Crippen molar-refractivity contribution in [1.82, 2.24) is 0 Å². The molecule has 0 aromatic heterocycles. The van der Waals surface area contributed by atoms with Crippen molar-refractivity contribution in [2.45, 2.75) is 50.1 Å². The van der Waals surface area contributed by atoms with Gasteiger partial charge in [-0.1, -0.05) is 0 Å². The van der Waals surface area contributed by atoms with Crippen molar-refractivity contribution in [3.8, 4) is 11.5 Å². The van der Waals surface area contributed by atoms with E-state index in [2.05, 4.69) is 0 Å². The molecule has 156 valence electrons. The molecule has 0 radical (unpaired) electrons. The van der Waals surface area contributed by atoms with Gasteiger partial charge in [0, 0.05) is 0 Å². The Morgan fingerprint density at radius 3 is 2.10 bits per heavy atom. The normalized spacial score (nSPS) is 25.3. The average molecular weight is 425 g/mol. The molecule has 0 bridgehead atoms. The van der Waals surface area contributed by atoms with Crippen molar-refractivity contribution in [1.29, 1.82) is 0 Å². The maximum atomic E-state index is 12.9. The summed E-state index contributed by atoms with van der Waals surface area (Å²) in [5, 5.41) is 9.53. The van der Waals surface area contributed by atoms with E-state index in [1.807, 2.05) is 0 Å². The van der Waals surface area contributed by atoms with Gasteiger partial charge >= 0.3 is 0 Å². The SMILES string of the molecule is Fc1ccc2c(c1)CCC(C1CO1)O2.OC(CCl)C1CCc2cc(F)ccc2O1. The van der Waals surface area contributed by atoms with E-state index < -0.39 is 6.10 Å². The van der Waals surface area contributed by atoms with Crippen LogP contribution in [0.5, 0.6) is 11.5 Å². The Morgan fingerprint density at radius 1 is 0.931 bits per heavy atom. The second kappa shape index (κ2) is 8.86. The topological polar surface area (TPSA) is 51.2 Å². The van der Waals surface area contributed by atoms with Crippen molar-refractivity contribution in [2.24, 2.45) is 0 Å². The fourth-order valence-electron chi connectivity index (χ4n) is 3.66. The number of rotatable bonds is 3. The van der Waals surface area contributed by atoms with Crippen LogP contribution in [0.15, 0.2) is 36.4 Å². The Labute approximate surface area is 173 Å². The van der Waals surface area contributed by atoms with Crippen LogP contribution < -0.4 is 9.47 Å². The minimum absolute atomic E-state index is 0.154. The zero-order valence-electron chi connectivity index (χ0n) is 15.8. The summed E-state index contributed by atoms with van der Waals surface area (Å²) in [7, 11) is 0. The molecule has 3 aliphatic rings. The van der Waals surface area contributed by atoms with E-state index >= 15 is 0 Å². The van der Waals surface area contributed by atoms with E-state index in [1.165, 1.54) is 18.2 Å². The molecule has 1 saturated heterocycles. The van der Waals surface area contributed by atoms with E-state index in [4.69, 9.17) is 25.8 Å². The lowest BCUT2D eigenvalue weighted by molar-refractivity contribution is 0.0377. The quantitative estimate of drug-likeness (QED) is 0.597. The van der Waals surface area contributed by atoms with Crippen molar-refractivity contribution < 1.29 is 28.1 Å². The number of benzene rings is 2. The van der Waals surface area contributed by atoms with Crippen LogP contribution in [0.3, 0.4) is 0 Å². The predicted octanol–water partition coefficient (Wildman–Crippen LogP) is 4.04. The van der Waals surface area contributed by atoms with E-state index in [-0.39, 0.29) is 35.8 Å². The minimum Gasteiger partial charge on any atom is -0.487 e. The van der Waals surface area contributed by atoms with E-state index in [9.17, 15) is 13.9 Å². The standard InChI is InChI=1S/C11H12ClFO2.C11H11FO2/c12-6-9(14)11-3-1-7-5-8(13)2-4-10(7)15-11;12-8-2-4-9-7(5-8)1-3-10(14-9)11-6-13-11/h2,4-5,9,11,14H,1,3,6H2;2,4-5,10-11H,1,3,6H2. The van der Waals surface area contributed by atoms with Crippen LogP contribution in [0.25, 0.3) is 0 Å². The Morgan fingerprint density at radius 2 is 1.52 bits per heavy atom. The number of fused-ring (bicyclic) bond motifs is 2. The molecule has 4 unspecified atom stereocenters. The number of epoxide rings is 1. The number of alkyl halides is 1. The summed E-state index contributed by atoms with van der Waals surface area (Å²) < 4.78 is 42.2. The van der Waals surface area contributed by atoms with Gasteiger partial charge in [-0.05, 0) is 73.2 Å². The third-order valence-electron chi connectivity index (χ3n) is 5.36. The molecule has 4 nitrogen and oxygen atoms in total. The first kappa shape index (κ1) is 20.4. The first-order chi connectivity index (χ1) is 14.0. The van der Waals surface area contributed by atoms with Gasteiger partial charge in [-0.25, -0.2) is 8.78 Å². The van der Waals surface area contributed by atoms with Gasteiger partial charge < -0.3 is 19.3 Å². The molecule has 1 N–H and O–H groups in total. The molecule has 5 rings (SSSR count). The summed E-state index contributed by atoms with van der Waals surface area (Å²) in [6.45, 7) is 0.807. The van der Waals surface area contributed by atoms with E-state index in [0.717, 1.165) is 36.3 Å². The molecule has 0 spiro atoms. The molecule has 1 fully saturated rings. The van der Waals surface area contributed by atoms with E-state index in [1.54, 1.807) is 18.2 Å². The summed E-state index contributed by atoms with van der Waals surface area (Å²) in [4.78, 5) is 0. The van der Waals surface area contributed by atoms with Gasteiger partial charge in [-0.2, -0.15) is 0 Å². The summed E-state index contributed by atoms with van der Waals surface area (Å²) >= 11 is 5.55. The lowest BCUT2D eigenvalue weighted by atomic mass is 9.99. The second-order valence-electron chi connectivity index (χ2n) is 7.49. The van der Waals surface area contributed by atoms with Crippen LogP contribution in [-0.2, 0) is 17.6 Å². The number of hydrogen-bond donors (Lipinski definition) is 1. The monoisotopic (exact) mass is 424 g/mol. The summed E-state index contributed by atoms with van der Waals surface area (Å²) in [6.07, 6.45) is 2.71. The first-order valence-electron chi connectivity index (χ1n) is 9.79. The molecule has 0 saturated carbocycles. The predicted molar refractivity (Wildman–Crippen MR) is 105 cm³/mol. The highest BCUT2D eigenvalue weighted by molar-refractivity contribution is 6.18. The van der Waals surface area contributed by atoms with Crippen molar-refractivity contribution in [3.05, 3.63) is 59.2 Å². The second-order valence-corrected chi connectivity index (χ2v) is 7.80. The molecular weight excluding hydrogens is 402 g/mol. The highest BCUT2D eigenvalue weighted by atomic mass is 35.5. The molecule has 3 aliphatic heterocycles. The third-order valence-corrected chi connectivity index (χ3v) is 5.68. The van der Waals surface area contributed by atoms with Gasteiger partial charge in [0.05, 0.1) is 12.5 Å². The van der Waals surface area contributed by atoms with Crippen molar-refractivity contribution in [3.63, 3.8) is 0 Å². The highest BCUT2D eigenvalue weighted by Gasteiger charge is 2.36. The molecule has 3 heterocycles. The van der Waals surface area contributed by atoms with Crippen molar-refractivity contribution in [2.75, 3.05) is 12.5 Å². The molecule has 0 aliphatic carbocycles. The fraction of sp³-hybridized carbons (Fsp3) is 0.455. The van der Waals surface area contributed by atoms with E-state index in [0.29, 0.717) is 18.6 Å². The van der Waals surface area contributed by atoms with Gasteiger partial charge in [0.1, 0.15) is 47.5 Å². The number of aryl methyl sites for hydroxylation is 2. The average Bonchev–Trinajstić information content (AvgIpc) is 3.58. The van der Waals surface area contributed by atoms with Crippen LogP contribution in [0.2, 0.25) is 0 Å². The molecule has 7 heteroatoms. The van der Waals surface area contributed by atoms with Crippen LogP contribution in [0.4, 0.5) is 8.78 Å². The molecule has 0 amide bonds. The zero-order valence-corrected chi connectivity index (χ0v) is 16.6. The Hall–Kier alpha value is -1.89. The lowest BCUT2D eigenvalue weighted by Crippen LogP contribution is -2.36. The smallest absolute Gasteiger partial charge is 0.127 e. The fourth-order valence-corrected chi connectivity index (χ4v) is 3.86. The summed E-state index contributed by atoms with van der Waals surface area (Å²) in [5.41, 5.74) is 1.83. The highest BCUT2D eigenvalue weighted by Crippen LogP contribution is 2.32. The molecule has 29 heavy (non-hydrogen) atoms. The molecule has 2 aromatic carbocycles. The zero-order chi connectivity index (χ0) is 20.4. The van der Waals surface area contributed by atoms with Gasteiger partial charge in [0.2, 0.25) is 0 Å². The number of ether oxygens (including phenoxy) is 3. The maximum absolute atomic E-state index is 12.9. The Balaban J connectivity index is 0.000000141. The first-order valence-corrected chi connectivity index (χ1v) is 10.3. The number of halogens is 3. The van der Waals surface area contributed by atoms with Gasteiger partial charge in [-0.3, -0.25) is 0 Å². The molecular formula is C22H23ClF2O4. The molecule has 4 atom stereocenters. The summed E-state index contributed by atoms with van der Waals surface area (Å²) in [5.74, 6) is 1.18. The number of aliphatic hydroxyl groups excluding tert-OH is 1. The third kappa shape index (κ3) is 5.00. The largest absolute Gasteiger partial charge is 0.487 e. The van der Waals surface area contributed by atoms with Crippen LogP contribution in [-0.4, -0.2) is 42.0 Å². The van der Waals surface area contributed by atoms with Crippen LogP contribution >= 0.6 is 11.6 Å². The van der Waals surface area contributed by atoms with Crippen LogP contribution in [0.1, 0.15) is 24.0 Å². The van der Waals surface area contributed by atoms with Gasteiger partial charge in [0.15, 0.2) is 0 Å². The molecule has 2 aromatic rings. The Bertz CT molecular complexity index is 859. The minimum atomic E-state index is -0.662. The van der Waals surface area contributed by atoms with Crippen molar-refractivity contribution >= 4 is 11.6 Å². The summed E-state index contributed by atoms with van der Waals surface area (Å²) in [6, 6.07) is 9.12. The Kier molecular flexibility index (Phi) is 6.23.